The van der Waals surface area contributed by atoms with E-state index in [1.807, 2.05) is 0 Å². The van der Waals surface area contributed by atoms with Crippen LogP contribution in [0, 0.1) is 10.1 Å². The molecule has 1 atom stereocenters. The fourth-order valence-electron chi connectivity index (χ4n) is 2.14. The first-order chi connectivity index (χ1) is 12.3. The standard InChI is InChI=1S/C15H11Cl2N5O3S/c1-8(14(23)18-10-3-2-4-11(6-10)22(24)25)26-15-20-19-13-12(17)5-9(16)7-21(13)15/h2-8H,1H3,(H,18,23). The van der Waals surface area contributed by atoms with Crippen LogP contribution in [0.5, 0.6) is 0 Å². The lowest BCUT2D eigenvalue weighted by atomic mass is 10.2. The molecule has 1 unspecified atom stereocenters. The van der Waals surface area contributed by atoms with Gasteiger partial charge in [0, 0.05) is 24.0 Å². The van der Waals surface area contributed by atoms with E-state index in [2.05, 4.69) is 15.5 Å². The maximum atomic E-state index is 12.4. The van der Waals surface area contributed by atoms with Crippen molar-refractivity contribution in [3.8, 4) is 0 Å². The smallest absolute Gasteiger partial charge is 0.271 e. The van der Waals surface area contributed by atoms with Crippen LogP contribution in [0.3, 0.4) is 0 Å². The van der Waals surface area contributed by atoms with Gasteiger partial charge in [-0.25, -0.2) is 0 Å². The number of non-ortho nitro benzene ring substituents is 1. The minimum atomic E-state index is -0.542. The van der Waals surface area contributed by atoms with Crippen molar-refractivity contribution in [2.24, 2.45) is 0 Å². The third kappa shape index (κ3) is 3.90. The summed E-state index contributed by atoms with van der Waals surface area (Å²) >= 11 is 13.2. The van der Waals surface area contributed by atoms with Crippen molar-refractivity contribution < 1.29 is 9.72 Å². The highest BCUT2D eigenvalue weighted by Gasteiger charge is 2.20. The minimum absolute atomic E-state index is 0.101. The van der Waals surface area contributed by atoms with E-state index in [0.717, 1.165) is 11.8 Å². The van der Waals surface area contributed by atoms with E-state index >= 15 is 0 Å². The number of fused-ring (bicyclic) bond motifs is 1. The SMILES string of the molecule is CC(Sc1nnc2c(Cl)cc(Cl)cn12)C(=O)Nc1cccc([N+](=O)[O-])c1. The number of nitrogens with zero attached hydrogens (tertiary/aromatic N) is 4. The monoisotopic (exact) mass is 411 g/mol. The molecule has 0 aliphatic heterocycles. The van der Waals surface area contributed by atoms with Crippen molar-refractivity contribution in [2.45, 2.75) is 17.3 Å². The van der Waals surface area contributed by atoms with E-state index in [1.54, 1.807) is 29.7 Å². The zero-order valence-corrected chi connectivity index (χ0v) is 15.5. The fraction of sp³-hybridized carbons (Fsp3) is 0.133. The Hall–Kier alpha value is -2.36. The first-order valence-corrected chi connectivity index (χ1v) is 8.90. The summed E-state index contributed by atoms with van der Waals surface area (Å²) in [6.07, 6.45) is 1.61. The number of rotatable bonds is 5. The third-order valence-corrected chi connectivity index (χ3v) is 4.91. The zero-order valence-electron chi connectivity index (χ0n) is 13.2. The average molecular weight is 412 g/mol. The lowest BCUT2D eigenvalue weighted by Crippen LogP contribution is -2.22. The summed E-state index contributed by atoms with van der Waals surface area (Å²) in [5, 5.41) is 22.1. The highest BCUT2D eigenvalue weighted by atomic mass is 35.5. The van der Waals surface area contributed by atoms with E-state index in [-0.39, 0.29) is 11.6 Å². The number of pyridine rings is 1. The molecule has 26 heavy (non-hydrogen) atoms. The number of amides is 1. The van der Waals surface area contributed by atoms with Crippen molar-refractivity contribution in [3.63, 3.8) is 0 Å². The first-order valence-electron chi connectivity index (χ1n) is 7.27. The molecule has 3 rings (SSSR count). The molecule has 0 radical (unpaired) electrons. The van der Waals surface area contributed by atoms with Crippen LogP contribution in [-0.4, -0.2) is 30.7 Å². The first kappa shape index (κ1) is 18.4. The number of hydrogen-bond donors (Lipinski definition) is 1. The summed E-state index contributed by atoms with van der Waals surface area (Å²) < 4.78 is 1.60. The Labute approximate surface area is 161 Å². The van der Waals surface area contributed by atoms with Crippen molar-refractivity contribution in [1.29, 1.82) is 0 Å². The molecule has 2 heterocycles. The maximum Gasteiger partial charge on any atom is 0.271 e. The number of carbonyl (C=O) groups is 1. The molecule has 3 aromatic rings. The number of aromatic nitrogens is 3. The van der Waals surface area contributed by atoms with Gasteiger partial charge < -0.3 is 5.32 Å². The molecular weight excluding hydrogens is 401 g/mol. The van der Waals surface area contributed by atoms with Gasteiger partial charge in [0.2, 0.25) is 5.91 Å². The molecule has 2 aromatic heterocycles. The van der Waals surface area contributed by atoms with Crippen LogP contribution < -0.4 is 5.32 Å². The van der Waals surface area contributed by atoms with Crippen LogP contribution in [0.1, 0.15) is 6.92 Å². The summed E-state index contributed by atoms with van der Waals surface area (Å²) in [4.78, 5) is 22.7. The summed E-state index contributed by atoms with van der Waals surface area (Å²) in [7, 11) is 0. The van der Waals surface area contributed by atoms with E-state index in [0.29, 0.717) is 26.5 Å². The molecule has 1 N–H and O–H groups in total. The lowest BCUT2D eigenvalue weighted by Gasteiger charge is -2.11. The third-order valence-electron chi connectivity index (χ3n) is 3.37. The predicted octanol–water partition coefficient (Wildman–Crippen LogP) is 4.06. The molecule has 0 fully saturated rings. The number of thioether (sulfide) groups is 1. The molecule has 0 aliphatic carbocycles. The van der Waals surface area contributed by atoms with Gasteiger partial charge in [-0.2, -0.15) is 0 Å². The van der Waals surface area contributed by atoms with Crippen LogP contribution in [0.4, 0.5) is 11.4 Å². The van der Waals surface area contributed by atoms with E-state index in [9.17, 15) is 14.9 Å². The lowest BCUT2D eigenvalue weighted by molar-refractivity contribution is -0.384. The van der Waals surface area contributed by atoms with Gasteiger partial charge in [0.15, 0.2) is 10.8 Å². The van der Waals surface area contributed by atoms with Crippen molar-refractivity contribution in [1.82, 2.24) is 14.6 Å². The molecule has 0 spiro atoms. The largest absolute Gasteiger partial charge is 0.325 e. The second-order valence-electron chi connectivity index (χ2n) is 5.24. The van der Waals surface area contributed by atoms with Crippen molar-refractivity contribution in [3.05, 3.63) is 56.7 Å². The normalized spacial score (nSPS) is 12.1. The minimum Gasteiger partial charge on any atom is -0.325 e. The molecule has 0 saturated carbocycles. The van der Waals surface area contributed by atoms with Gasteiger partial charge in [-0.05, 0) is 19.1 Å². The zero-order chi connectivity index (χ0) is 18.8. The van der Waals surface area contributed by atoms with E-state index < -0.39 is 10.2 Å². The highest BCUT2D eigenvalue weighted by molar-refractivity contribution is 8.00. The van der Waals surface area contributed by atoms with Gasteiger partial charge in [0.1, 0.15) is 0 Å². The summed E-state index contributed by atoms with van der Waals surface area (Å²) in [6.45, 7) is 1.69. The van der Waals surface area contributed by atoms with Gasteiger partial charge >= 0.3 is 0 Å². The summed E-state index contributed by atoms with van der Waals surface area (Å²) in [6, 6.07) is 7.28. The maximum absolute atomic E-state index is 12.4. The molecule has 134 valence electrons. The average Bonchev–Trinajstić information content (AvgIpc) is 2.98. The number of nitro benzene ring substituents is 1. The number of hydrogen-bond acceptors (Lipinski definition) is 6. The number of benzene rings is 1. The highest BCUT2D eigenvalue weighted by Crippen LogP contribution is 2.28. The van der Waals surface area contributed by atoms with Crippen molar-refractivity contribution >= 4 is 57.9 Å². The number of nitrogens with one attached hydrogen (secondary N) is 1. The molecule has 1 aromatic carbocycles. The van der Waals surface area contributed by atoms with Crippen LogP contribution in [0.2, 0.25) is 10.0 Å². The Bertz CT molecular complexity index is 1010. The molecule has 0 saturated heterocycles. The van der Waals surface area contributed by atoms with Gasteiger partial charge in [0.25, 0.3) is 5.69 Å². The molecule has 1 amide bonds. The molecule has 0 bridgehead atoms. The number of nitro groups is 1. The fourth-order valence-corrected chi connectivity index (χ4v) is 3.47. The number of carbonyl (C=O) groups excluding carboxylic acids is 1. The Morgan fingerprint density at radius 2 is 2.12 bits per heavy atom. The summed E-state index contributed by atoms with van der Waals surface area (Å²) in [5.74, 6) is -0.333. The Morgan fingerprint density at radius 1 is 1.35 bits per heavy atom. The van der Waals surface area contributed by atoms with Gasteiger partial charge in [0.05, 0.1) is 20.2 Å². The van der Waals surface area contributed by atoms with Crippen LogP contribution in [-0.2, 0) is 4.79 Å². The molecule has 0 aliphatic rings. The second-order valence-corrected chi connectivity index (χ2v) is 7.39. The quantitative estimate of drug-likeness (QED) is 0.385. The van der Waals surface area contributed by atoms with E-state index in [4.69, 9.17) is 23.2 Å². The number of anilines is 1. The van der Waals surface area contributed by atoms with Gasteiger partial charge in [-0.3, -0.25) is 19.3 Å². The molecular formula is C15H11Cl2N5O3S. The van der Waals surface area contributed by atoms with Gasteiger partial charge in [-0.1, -0.05) is 41.0 Å². The second kappa shape index (κ2) is 7.48. The Kier molecular flexibility index (Phi) is 5.30. The number of halogens is 2. The van der Waals surface area contributed by atoms with Gasteiger partial charge in [-0.15, -0.1) is 10.2 Å². The Morgan fingerprint density at radius 3 is 2.85 bits per heavy atom. The van der Waals surface area contributed by atoms with Crippen LogP contribution in [0.25, 0.3) is 5.65 Å². The van der Waals surface area contributed by atoms with Crippen molar-refractivity contribution in [2.75, 3.05) is 5.32 Å². The molecule has 11 heteroatoms. The molecule has 8 nitrogen and oxygen atoms in total. The van der Waals surface area contributed by atoms with Crippen LogP contribution >= 0.6 is 35.0 Å². The van der Waals surface area contributed by atoms with E-state index in [1.165, 1.54) is 18.2 Å². The summed E-state index contributed by atoms with van der Waals surface area (Å²) in [5.41, 5.74) is 0.676. The predicted molar refractivity (Wildman–Crippen MR) is 100 cm³/mol. The Balaban J connectivity index is 1.76. The van der Waals surface area contributed by atoms with Crippen LogP contribution in [0.15, 0.2) is 41.7 Å². The topological polar surface area (TPSA) is 102 Å².